The van der Waals surface area contributed by atoms with E-state index < -0.39 is 0 Å². The maximum atomic E-state index is 11.5. The van der Waals surface area contributed by atoms with E-state index in [1.807, 2.05) is 24.3 Å². The molecule has 116 valence electrons. The molecule has 1 heterocycles. The zero-order chi connectivity index (χ0) is 15.1. The van der Waals surface area contributed by atoms with Gasteiger partial charge in [-0.3, -0.25) is 9.69 Å². The maximum Gasteiger partial charge on any atom is 0.163 e. The number of carbonyl (C=O) groups is 1. The molecular weight excluding hydrogens is 266 g/mol. The normalized spacial score (nSPS) is 16.9. The monoisotopic (exact) mass is 291 g/mol. The minimum atomic E-state index is 0.0472. The third-order valence-corrected chi connectivity index (χ3v) is 4.04. The minimum absolute atomic E-state index is 0.0472. The summed E-state index contributed by atoms with van der Waals surface area (Å²) in [6.45, 7) is 6.18. The lowest BCUT2D eigenvalue weighted by atomic mass is 9.98. The molecule has 0 radical (unpaired) electrons. The van der Waals surface area contributed by atoms with Gasteiger partial charge in [0.2, 0.25) is 0 Å². The molecule has 1 saturated heterocycles. The number of ketones is 1. The summed E-state index contributed by atoms with van der Waals surface area (Å²) in [6, 6.07) is 7.44. The zero-order valence-electron chi connectivity index (χ0n) is 13.0. The van der Waals surface area contributed by atoms with Crippen molar-refractivity contribution >= 4 is 5.78 Å². The highest BCUT2D eigenvalue weighted by Gasteiger charge is 2.18. The van der Waals surface area contributed by atoms with Crippen LogP contribution in [0, 0.1) is 5.92 Å². The molecule has 0 bridgehead atoms. The van der Waals surface area contributed by atoms with Gasteiger partial charge in [-0.1, -0.05) is 12.1 Å². The Balaban J connectivity index is 1.74. The molecule has 0 unspecified atom stereocenters. The number of ether oxygens (including phenoxy) is 2. The first-order valence-electron chi connectivity index (χ1n) is 7.64. The second-order valence-corrected chi connectivity index (χ2v) is 5.64. The van der Waals surface area contributed by atoms with Crippen molar-refractivity contribution in [1.82, 2.24) is 4.90 Å². The summed E-state index contributed by atoms with van der Waals surface area (Å²) in [6.07, 6.45) is 2.38. The van der Waals surface area contributed by atoms with Crippen LogP contribution in [0.5, 0.6) is 5.75 Å². The van der Waals surface area contributed by atoms with Crippen LogP contribution in [0.15, 0.2) is 24.3 Å². The fourth-order valence-corrected chi connectivity index (χ4v) is 2.78. The van der Waals surface area contributed by atoms with Crippen LogP contribution in [0.4, 0.5) is 0 Å². The summed E-state index contributed by atoms with van der Waals surface area (Å²) in [4.78, 5) is 13.9. The topological polar surface area (TPSA) is 38.8 Å². The van der Waals surface area contributed by atoms with Crippen LogP contribution < -0.4 is 4.74 Å². The van der Waals surface area contributed by atoms with Crippen molar-refractivity contribution in [2.75, 3.05) is 40.0 Å². The summed E-state index contributed by atoms with van der Waals surface area (Å²) in [7, 11) is 1.77. The number of hydrogen-bond donors (Lipinski definition) is 0. The van der Waals surface area contributed by atoms with E-state index in [1.165, 1.54) is 12.8 Å². The van der Waals surface area contributed by atoms with Gasteiger partial charge in [-0.05, 0) is 50.9 Å². The first-order valence-corrected chi connectivity index (χ1v) is 7.64. The van der Waals surface area contributed by atoms with Crippen LogP contribution in [0.2, 0.25) is 0 Å². The Morgan fingerprint density at radius 1 is 1.29 bits per heavy atom. The smallest absolute Gasteiger partial charge is 0.163 e. The second-order valence-electron chi connectivity index (χ2n) is 5.64. The lowest BCUT2D eigenvalue weighted by molar-refractivity contribution is 0.0923. The molecule has 1 aromatic rings. The molecule has 0 saturated carbocycles. The van der Waals surface area contributed by atoms with E-state index in [0.717, 1.165) is 26.2 Å². The summed E-state index contributed by atoms with van der Waals surface area (Å²) < 4.78 is 11.0. The number of piperidine rings is 1. The number of carbonyl (C=O) groups excluding carboxylic acids is 1. The van der Waals surface area contributed by atoms with E-state index in [1.54, 1.807) is 14.0 Å². The molecule has 1 aromatic carbocycles. The van der Waals surface area contributed by atoms with Gasteiger partial charge in [-0.2, -0.15) is 0 Å². The Morgan fingerprint density at radius 3 is 2.67 bits per heavy atom. The van der Waals surface area contributed by atoms with Crippen molar-refractivity contribution in [3.63, 3.8) is 0 Å². The van der Waals surface area contributed by atoms with Crippen LogP contribution in [-0.2, 0) is 4.74 Å². The average Bonchev–Trinajstić information content (AvgIpc) is 2.50. The van der Waals surface area contributed by atoms with Crippen molar-refractivity contribution in [3.05, 3.63) is 29.8 Å². The molecule has 1 aliphatic rings. The van der Waals surface area contributed by atoms with Crippen LogP contribution in [-0.4, -0.2) is 50.6 Å². The molecule has 0 aliphatic carbocycles. The van der Waals surface area contributed by atoms with Gasteiger partial charge < -0.3 is 9.47 Å². The molecule has 21 heavy (non-hydrogen) atoms. The zero-order valence-corrected chi connectivity index (χ0v) is 13.0. The van der Waals surface area contributed by atoms with E-state index in [-0.39, 0.29) is 5.78 Å². The third-order valence-electron chi connectivity index (χ3n) is 4.04. The number of para-hydroxylation sites is 1. The fraction of sp³-hybridized carbons (Fsp3) is 0.588. The summed E-state index contributed by atoms with van der Waals surface area (Å²) in [5.74, 6) is 1.44. The summed E-state index contributed by atoms with van der Waals surface area (Å²) >= 11 is 0. The minimum Gasteiger partial charge on any atom is -0.491 e. The van der Waals surface area contributed by atoms with Crippen LogP contribution in [0.25, 0.3) is 0 Å². The first kappa shape index (κ1) is 16.0. The number of hydrogen-bond acceptors (Lipinski definition) is 4. The molecular formula is C17H25NO3. The lowest BCUT2D eigenvalue weighted by Gasteiger charge is -2.31. The quantitative estimate of drug-likeness (QED) is 0.724. The Bertz CT molecular complexity index is 453. The number of rotatable bonds is 7. The van der Waals surface area contributed by atoms with Crippen LogP contribution in [0.1, 0.15) is 30.1 Å². The van der Waals surface area contributed by atoms with Crippen molar-refractivity contribution in [3.8, 4) is 5.75 Å². The Morgan fingerprint density at radius 2 is 2.00 bits per heavy atom. The van der Waals surface area contributed by atoms with Gasteiger partial charge >= 0.3 is 0 Å². The molecule has 0 atom stereocenters. The van der Waals surface area contributed by atoms with Crippen molar-refractivity contribution in [2.45, 2.75) is 19.8 Å². The van der Waals surface area contributed by atoms with E-state index in [9.17, 15) is 4.79 Å². The van der Waals surface area contributed by atoms with Crippen LogP contribution >= 0.6 is 0 Å². The molecule has 2 rings (SSSR count). The highest BCUT2D eigenvalue weighted by molar-refractivity contribution is 5.96. The fourth-order valence-electron chi connectivity index (χ4n) is 2.78. The predicted octanol–water partition coefficient (Wildman–Crippen LogP) is 2.63. The Labute approximate surface area is 127 Å². The molecule has 4 nitrogen and oxygen atoms in total. The highest BCUT2D eigenvalue weighted by Crippen LogP contribution is 2.19. The molecule has 0 aromatic heterocycles. The van der Waals surface area contributed by atoms with E-state index in [4.69, 9.17) is 9.47 Å². The number of benzene rings is 1. The molecule has 0 spiro atoms. The number of methoxy groups -OCH3 is 1. The molecule has 0 N–H and O–H groups in total. The second kappa shape index (κ2) is 8.15. The van der Waals surface area contributed by atoms with Crippen LogP contribution in [0.3, 0.4) is 0 Å². The summed E-state index contributed by atoms with van der Waals surface area (Å²) in [5, 5.41) is 0. The number of likely N-dealkylation sites (tertiary alicyclic amines) is 1. The standard InChI is InChI=1S/C17H25NO3/c1-14(19)16-5-3-4-6-17(16)21-12-11-18-9-7-15(8-10-18)13-20-2/h3-6,15H,7-13H2,1-2H3. The molecule has 1 aliphatic heterocycles. The Hall–Kier alpha value is -1.39. The van der Waals surface area contributed by atoms with Gasteiger partial charge in [0.15, 0.2) is 5.78 Å². The van der Waals surface area contributed by atoms with Gasteiger partial charge in [-0.25, -0.2) is 0 Å². The third kappa shape index (κ3) is 4.83. The van der Waals surface area contributed by atoms with E-state index in [2.05, 4.69) is 4.90 Å². The van der Waals surface area contributed by atoms with Gasteiger partial charge in [0, 0.05) is 20.3 Å². The van der Waals surface area contributed by atoms with Crippen molar-refractivity contribution in [1.29, 1.82) is 0 Å². The Kier molecular flexibility index (Phi) is 6.21. The summed E-state index contributed by atoms with van der Waals surface area (Å²) in [5.41, 5.74) is 0.663. The van der Waals surface area contributed by atoms with E-state index >= 15 is 0 Å². The lowest BCUT2D eigenvalue weighted by Crippen LogP contribution is -2.37. The van der Waals surface area contributed by atoms with Crippen molar-refractivity contribution < 1.29 is 14.3 Å². The SMILES string of the molecule is COCC1CCN(CCOc2ccccc2C(C)=O)CC1. The molecule has 0 amide bonds. The average molecular weight is 291 g/mol. The maximum absolute atomic E-state index is 11.5. The first-order chi connectivity index (χ1) is 10.2. The predicted molar refractivity (Wildman–Crippen MR) is 83.0 cm³/mol. The van der Waals surface area contributed by atoms with Gasteiger partial charge in [-0.15, -0.1) is 0 Å². The molecule has 4 heteroatoms. The number of nitrogens with zero attached hydrogens (tertiary/aromatic N) is 1. The highest BCUT2D eigenvalue weighted by atomic mass is 16.5. The van der Waals surface area contributed by atoms with Gasteiger partial charge in [0.1, 0.15) is 12.4 Å². The van der Waals surface area contributed by atoms with Gasteiger partial charge in [0.05, 0.1) is 5.56 Å². The molecule has 1 fully saturated rings. The largest absolute Gasteiger partial charge is 0.491 e. The van der Waals surface area contributed by atoms with Crippen molar-refractivity contribution in [2.24, 2.45) is 5.92 Å². The van der Waals surface area contributed by atoms with E-state index in [0.29, 0.717) is 23.8 Å². The number of Topliss-reactive ketones (excluding diaryl/α,β-unsaturated/α-hetero) is 1. The van der Waals surface area contributed by atoms with Gasteiger partial charge in [0.25, 0.3) is 0 Å².